The zero-order valence-corrected chi connectivity index (χ0v) is 19.0. The van der Waals surface area contributed by atoms with Crippen LogP contribution < -0.4 is 5.56 Å². The van der Waals surface area contributed by atoms with E-state index in [-0.39, 0.29) is 23.4 Å². The normalized spacial score (nSPS) is 21.2. The number of aromatic nitrogens is 3. The van der Waals surface area contributed by atoms with E-state index in [0.717, 1.165) is 25.7 Å². The summed E-state index contributed by atoms with van der Waals surface area (Å²) in [6.45, 7) is 1.49. The first kappa shape index (κ1) is 21.8. The number of likely N-dealkylation sites (tertiary alicyclic amines) is 1. The first-order chi connectivity index (χ1) is 16.1. The van der Waals surface area contributed by atoms with Gasteiger partial charge in [-0.1, -0.05) is 19.3 Å². The zero-order chi connectivity index (χ0) is 22.8. The van der Waals surface area contributed by atoms with E-state index in [9.17, 15) is 14.4 Å². The van der Waals surface area contributed by atoms with Gasteiger partial charge in [0.25, 0.3) is 11.5 Å². The Kier molecular flexibility index (Phi) is 6.24. The summed E-state index contributed by atoms with van der Waals surface area (Å²) in [5, 5.41) is 0. The van der Waals surface area contributed by atoms with Gasteiger partial charge < -0.3 is 14.8 Å². The molecular weight excluding hydrogens is 418 g/mol. The van der Waals surface area contributed by atoms with Crippen LogP contribution in [0.5, 0.6) is 0 Å². The van der Waals surface area contributed by atoms with Gasteiger partial charge in [0.2, 0.25) is 5.91 Å². The molecule has 2 aliphatic heterocycles. The highest BCUT2D eigenvalue weighted by Crippen LogP contribution is 2.33. The van der Waals surface area contributed by atoms with Crippen molar-refractivity contribution < 1.29 is 9.59 Å². The molecule has 174 valence electrons. The molecule has 2 aromatic rings. The van der Waals surface area contributed by atoms with Crippen LogP contribution in [0.25, 0.3) is 0 Å². The van der Waals surface area contributed by atoms with Crippen molar-refractivity contribution in [2.24, 2.45) is 5.92 Å². The van der Waals surface area contributed by atoms with Crippen LogP contribution >= 0.6 is 0 Å². The summed E-state index contributed by atoms with van der Waals surface area (Å²) in [5.74, 6) is 1.14. The van der Waals surface area contributed by atoms with E-state index in [4.69, 9.17) is 4.98 Å². The van der Waals surface area contributed by atoms with Gasteiger partial charge in [0, 0.05) is 43.0 Å². The van der Waals surface area contributed by atoms with E-state index in [1.54, 1.807) is 29.4 Å². The molecule has 1 saturated heterocycles. The minimum Gasteiger partial charge on any atom is -0.333 e. The Morgan fingerprint density at radius 3 is 2.61 bits per heavy atom. The number of carbonyl (C=O) groups excluding carboxylic acids is 2. The fourth-order valence-corrected chi connectivity index (χ4v) is 5.57. The van der Waals surface area contributed by atoms with Gasteiger partial charge in [0.1, 0.15) is 5.82 Å². The summed E-state index contributed by atoms with van der Waals surface area (Å²) in [7, 11) is 0. The van der Waals surface area contributed by atoms with E-state index in [1.165, 1.54) is 19.3 Å². The van der Waals surface area contributed by atoms with Crippen LogP contribution in [0, 0.1) is 5.92 Å². The van der Waals surface area contributed by atoms with Crippen molar-refractivity contribution in [3.05, 3.63) is 57.5 Å². The molecule has 8 heteroatoms. The van der Waals surface area contributed by atoms with Gasteiger partial charge in [-0.05, 0) is 50.2 Å². The highest BCUT2D eigenvalue weighted by molar-refractivity contribution is 5.94. The van der Waals surface area contributed by atoms with Gasteiger partial charge in [-0.3, -0.25) is 19.4 Å². The van der Waals surface area contributed by atoms with Crippen LogP contribution in [-0.4, -0.2) is 49.7 Å². The largest absolute Gasteiger partial charge is 0.333 e. The van der Waals surface area contributed by atoms with Crippen molar-refractivity contribution in [3.63, 3.8) is 0 Å². The van der Waals surface area contributed by atoms with Crippen LogP contribution in [0.15, 0.2) is 29.3 Å². The first-order valence-corrected chi connectivity index (χ1v) is 12.2. The summed E-state index contributed by atoms with van der Waals surface area (Å²) < 4.78 is 0. The molecular formula is C25H31N5O3. The lowest BCUT2D eigenvalue weighted by Gasteiger charge is -2.30. The number of H-pyrrole nitrogens is 1. The lowest BCUT2D eigenvalue weighted by molar-refractivity contribution is -0.133. The number of hydrogen-bond donors (Lipinski definition) is 1. The number of nitrogens with one attached hydrogen (secondary N) is 1. The van der Waals surface area contributed by atoms with Crippen LogP contribution in [0.2, 0.25) is 0 Å². The average molecular weight is 450 g/mol. The van der Waals surface area contributed by atoms with Crippen molar-refractivity contribution in [2.45, 2.75) is 70.4 Å². The predicted molar refractivity (Wildman–Crippen MR) is 122 cm³/mol. The number of amides is 2. The molecule has 8 nitrogen and oxygen atoms in total. The summed E-state index contributed by atoms with van der Waals surface area (Å²) >= 11 is 0. The second-order valence-electron chi connectivity index (χ2n) is 9.54. The number of fused-ring (bicyclic) bond motifs is 1. The van der Waals surface area contributed by atoms with Gasteiger partial charge >= 0.3 is 0 Å². The van der Waals surface area contributed by atoms with Crippen molar-refractivity contribution in [1.29, 1.82) is 0 Å². The summed E-state index contributed by atoms with van der Waals surface area (Å²) in [4.78, 5) is 54.3. The molecule has 1 unspecified atom stereocenters. The molecule has 5 rings (SSSR count). The second kappa shape index (κ2) is 9.45. The average Bonchev–Trinajstić information content (AvgIpc) is 3.35. The molecule has 0 radical (unpaired) electrons. The Hall–Kier alpha value is -3.03. The Bertz CT molecular complexity index is 1080. The third-order valence-electron chi connectivity index (χ3n) is 7.38. The number of carbonyl (C=O) groups is 2. The monoisotopic (exact) mass is 449 g/mol. The molecule has 2 aromatic heterocycles. The van der Waals surface area contributed by atoms with Crippen molar-refractivity contribution in [2.75, 3.05) is 13.1 Å². The quantitative estimate of drug-likeness (QED) is 0.774. The molecule has 2 fully saturated rings. The predicted octanol–water partition coefficient (Wildman–Crippen LogP) is 3.00. The Balaban J connectivity index is 1.34. The lowest BCUT2D eigenvalue weighted by Crippen LogP contribution is -2.40. The molecule has 4 heterocycles. The smallest absolute Gasteiger partial charge is 0.254 e. The topological polar surface area (TPSA) is 99.3 Å². The lowest BCUT2D eigenvalue weighted by atomic mass is 9.86. The molecule has 3 aliphatic rings. The van der Waals surface area contributed by atoms with Gasteiger partial charge in [-0.25, -0.2) is 4.98 Å². The van der Waals surface area contributed by atoms with Crippen molar-refractivity contribution >= 4 is 11.8 Å². The molecule has 1 atom stereocenters. The Labute approximate surface area is 193 Å². The van der Waals surface area contributed by atoms with Gasteiger partial charge in [0.15, 0.2) is 0 Å². The number of rotatable bonds is 4. The fraction of sp³-hybridized carbons (Fsp3) is 0.560. The van der Waals surface area contributed by atoms with Crippen molar-refractivity contribution in [1.82, 2.24) is 24.8 Å². The third kappa shape index (κ3) is 4.56. The van der Waals surface area contributed by atoms with E-state index >= 15 is 0 Å². The highest BCUT2D eigenvalue weighted by Gasteiger charge is 2.34. The summed E-state index contributed by atoms with van der Waals surface area (Å²) in [6.07, 6.45) is 12.0. The van der Waals surface area contributed by atoms with Crippen LogP contribution in [-0.2, 0) is 17.8 Å². The number of aromatic amines is 1. The summed E-state index contributed by atoms with van der Waals surface area (Å²) in [6, 6.07) is 3.21. The summed E-state index contributed by atoms with van der Waals surface area (Å²) in [5.41, 5.74) is 1.73. The fourth-order valence-electron chi connectivity index (χ4n) is 5.57. The maximum atomic E-state index is 13.1. The minimum atomic E-state index is -0.189. The van der Waals surface area contributed by atoms with Crippen LogP contribution in [0.1, 0.15) is 84.8 Å². The molecule has 0 bridgehead atoms. The molecule has 0 spiro atoms. The molecule has 0 aromatic carbocycles. The van der Waals surface area contributed by atoms with E-state index in [0.29, 0.717) is 61.0 Å². The zero-order valence-electron chi connectivity index (χ0n) is 19.0. The number of hydrogen-bond acceptors (Lipinski definition) is 5. The first-order valence-electron chi connectivity index (χ1n) is 12.2. The van der Waals surface area contributed by atoms with Gasteiger partial charge in [-0.2, -0.15) is 0 Å². The maximum Gasteiger partial charge on any atom is 0.254 e. The van der Waals surface area contributed by atoms with E-state index in [1.807, 2.05) is 4.90 Å². The Morgan fingerprint density at radius 1 is 1.03 bits per heavy atom. The molecule has 1 aliphatic carbocycles. The van der Waals surface area contributed by atoms with Crippen molar-refractivity contribution in [3.8, 4) is 0 Å². The highest BCUT2D eigenvalue weighted by atomic mass is 16.2. The molecule has 2 amide bonds. The SMILES string of the molecule is O=C(c1ccncc1)N1CCc2c(nc(C3CCCN3C(=O)CC3CCCCC3)[nH]c2=O)C1. The standard InChI is InChI=1S/C25H31N5O3/c31-22(15-17-5-2-1-3-6-17)30-13-4-7-21(30)23-27-20-16-29(14-10-19(20)24(32)28-23)25(33)18-8-11-26-12-9-18/h8-9,11-12,17,21H,1-7,10,13-16H2,(H,27,28,32). The second-order valence-corrected chi connectivity index (χ2v) is 9.54. The van der Waals surface area contributed by atoms with Crippen LogP contribution in [0.3, 0.4) is 0 Å². The van der Waals surface area contributed by atoms with Gasteiger partial charge in [0.05, 0.1) is 18.3 Å². The number of nitrogens with zero attached hydrogens (tertiary/aromatic N) is 4. The maximum absolute atomic E-state index is 13.1. The van der Waals surface area contributed by atoms with Gasteiger partial charge in [-0.15, -0.1) is 0 Å². The van der Waals surface area contributed by atoms with E-state index < -0.39 is 0 Å². The molecule has 33 heavy (non-hydrogen) atoms. The molecule has 1 saturated carbocycles. The van der Waals surface area contributed by atoms with E-state index in [2.05, 4.69) is 9.97 Å². The number of pyridine rings is 1. The Morgan fingerprint density at radius 2 is 1.82 bits per heavy atom. The minimum absolute atomic E-state index is 0.0863. The van der Waals surface area contributed by atoms with Crippen LogP contribution in [0.4, 0.5) is 0 Å². The third-order valence-corrected chi connectivity index (χ3v) is 7.38. The molecule has 1 N–H and O–H groups in total.